The number of phenolic OH excluding ortho intramolecular Hbond substituents is 1. The lowest BCUT2D eigenvalue weighted by Crippen LogP contribution is -2.61. The quantitative estimate of drug-likeness (QED) is 0.372. The summed E-state index contributed by atoms with van der Waals surface area (Å²) < 4.78 is 6.00. The zero-order valence-electron chi connectivity index (χ0n) is 24.2. The minimum Gasteiger partial charge on any atom is -0.508 e. The van der Waals surface area contributed by atoms with E-state index >= 15 is 0 Å². The molecule has 3 rings (SSSR count). The normalized spacial score (nSPS) is 22.8. The summed E-state index contributed by atoms with van der Waals surface area (Å²) >= 11 is 0. The molecule has 0 aliphatic carbocycles. The average molecular weight is 567 g/mol. The van der Waals surface area contributed by atoms with E-state index in [4.69, 9.17) is 4.74 Å². The van der Waals surface area contributed by atoms with Gasteiger partial charge in [-0.2, -0.15) is 0 Å². The number of aromatic hydroxyl groups is 1. The van der Waals surface area contributed by atoms with E-state index in [1.165, 1.54) is 31.0 Å². The van der Waals surface area contributed by atoms with Gasteiger partial charge in [-0.05, 0) is 36.6 Å². The number of carbonyl (C=O) groups excluding carboxylic acids is 3. The molecule has 222 valence electrons. The van der Waals surface area contributed by atoms with Gasteiger partial charge in [-0.15, -0.1) is 0 Å². The summed E-state index contributed by atoms with van der Waals surface area (Å²) in [5.74, 6) is -0.722. The number of aliphatic hydroxyl groups excluding tert-OH is 1. The topological polar surface area (TPSA) is 140 Å². The highest BCUT2D eigenvalue weighted by molar-refractivity contribution is 5.93. The first kappa shape index (κ1) is 31.6. The van der Waals surface area contributed by atoms with Crippen molar-refractivity contribution in [2.24, 2.45) is 5.92 Å². The van der Waals surface area contributed by atoms with Crippen LogP contribution in [0.15, 0.2) is 54.6 Å². The Morgan fingerprint density at radius 3 is 2.44 bits per heavy atom. The van der Waals surface area contributed by atoms with Crippen LogP contribution < -0.4 is 20.7 Å². The maximum atomic E-state index is 13.7. The Morgan fingerprint density at radius 2 is 1.76 bits per heavy atom. The molecule has 0 saturated carbocycles. The molecule has 2 unspecified atom stereocenters. The van der Waals surface area contributed by atoms with Crippen LogP contribution in [0.3, 0.4) is 0 Å². The number of para-hydroxylation sites is 1. The van der Waals surface area contributed by atoms with E-state index in [1.807, 2.05) is 44.2 Å². The van der Waals surface area contributed by atoms with Gasteiger partial charge in [-0.25, -0.2) is 0 Å². The van der Waals surface area contributed by atoms with Crippen LogP contribution in [0, 0.1) is 5.92 Å². The Bertz CT molecular complexity index is 1200. The van der Waals surface area contributed by atoms with E-state index in [9.17, 15) is 24.6 Å². The predicted molar refractivity (Wildman–Crippen MR) is 157 cm³/mol. The van der Waals surface area contributed by atoms with Crippen LogP contribution in [0.2, 0.25) is 0 Å². The first-order chi connectivity index (χ1) is 19.6. The Labute approximate surface area is 241 Å². The zero-order valence-corrected chi connectivity index (χ0v) is 24.2. The van der Waals surface area contributed by atoms with Crippen molar-refractivity contribution in [1.82, 2.24) is 20.9 Å². The number of rotatable bonds is 5. The van der Waals surface area contributed by atoms with E-state index in [1.54, 1.807) is 18.2 Å². The highest BCUT2D eigenvalue weighted by atomic mass is 16.5. The second kappa shape index (κ2) is 15.2. The summed E-state index contributed by atoms with van der Waals surface area (Å²) in [6.07, 6.45) is 3.30. The lowest BCUT2D eigenvalue weighted by Gasteiger charge is -2.35. The van der Waals surface area contributed by atoms with Crippen LogP contribution in [0.5, 0.6) is 11.5 Å². The molecular weight excluding hydrogens is 524 g/mol. The van der Waals surface area contributed by atoms with Crippen molar-refractivity contribution in [2.75, 3.05) is 26.7 Å². The number of hydrogen-bond donors (Lipinski definition) is 5. The van der Waals surface area contributed by atoms with Gasteiger partial charge >= 0.3 is 0 Å². The average Bonchev–Trinajstić information content (AvgIpc) is 2.95. The summed E-state index contributed by atoms with van der Waals surface area (Å²) in [6, 6.07) is 11.0. The number of hydrogen-bond acceptors (Lipinski definition) is 7. The number of carbonyl (C=O) groups is 3. The Kier molecular flexibility index (Phi) is 11.7. The number of likely N-dealkylation sites (N-methyl/N-ethyl adjacent to an activating group) is 1. The maximum absolute atomic E-state index is 13.7. The Hall–Kier alpha value is -3.89. The van der Waals surface area contributed by atoms with Crippen LogP contribution in [-0.2, 0) is 20.8 Å². The Morgan fingerprint density at radius 1 is 1.05 bits per heavy atom. The number of fused-ring (bicyclic) bond motifs is 1. The number of phenols is 1. The van der Waals surface area contributed by atoms with Gasteiger partial charge in [0.25, 0.3) is 0 Å². The van der Waals surface area contributed by atoms with Crippen molar-refractivity contribution in [3.63, 3.8) is 0 Å². The molecule has 5 N–H and O–H groups in total. The van der Waals surface area contributed by atoms with E-state index in [0.29, 0.717) is 30.9 Å². The second-order valence-electron chi connectivity index (χ2n) is 10.4. The Balaban J connectivity index is 1.96. The van der Waals surface area contributed by atoms with Crippen molar-refractivity contribution < 1.29 is 29.3 Å². The van der Waals surface area contributed by atoms with Gasteiger partial charge in [0.05, 0.1) is 12.1 Å². The number of amides is 3. The maximum Gasteiger partial charge on any atom is 0.246 e. The summed E-state index contributed by atoms with van der Waals surface area (Å²) in [4.78, 5) is 41.8. The van der Waals surface area contributed by atoms with Gasteiger partial charge in [0.1, 0.15) is 30.2 Å². The minimum atomic E-state index is -1.23. The molecule has 1 heterocycles. The number of ether oxygens (including phenoxy) is 1. The third kappa shape index (κ3) is 8.80. The van der Waals surface area contributed by atoms with E-state index in [-0.39, 0.29) is 30.5 Å². The van der Waals surface area contributed by atoms with Gasteiger partial charge in [0.15, 0.2) is 0 Å². The van der Waals surface area contributed by atoms with Crippen molar-refractivity contribution in [2.45, 2.75) is 57.8 Å². The molecule has 10 nitrogen and oxygen atoms in total. The lowest BCUT2D eigenvalue weighted by atomic mass is 9.96. The van der Waals surface area contributed by atoms with Gasteiger partial charge in [-0.3, -0.25) is 14.4 Å². The fourth-order valence-corrected chi connectivity index (χ4v) is 4.77. The third-order valence-corrected chi connectivity index (χ3v) is 7.31. The first-order valence-corrected chi connectivity index (χ1v) is 14.0. The van der Waals surface area contributed by atoms with Crippen LogP contribution in [0.1, 0.15) is 38.3 Å². The minimum absolute atomic E-state index is 0.0588. The van der Waals surface area contributed by atoms with Crippen LogP contribution in [-0.4, -0.2) is 83.8 Å². The molecule has 0 bridgehead atoms. The SMILES string of the molecule is CCC(C)[C@@H]1NCCOc2ccccc2C=CCNC(=O)[C@@H](Cc2ccc(O)cc2)NC(=O)[C@H](C(C)O)N(C)C1=O. The van der Waals surface area contributed by atoms with Gasteiger partial charge < -0.3 is 35.8 Å². The van der Waals surface area contributed by atoms with Crippen LogP contribution in [0.4, 0.5) is 0 Å². The smallest absolute Gasteiger partial charge is 0.246 e. The molecule has 0 aromatic heterocycles. The molecule has 41 heavy (non-hydrogen) atoms. The molecular formula is C31H42N4O6. The van der Waals surface area contributed by atoms with Crippen LogP contribution >= 0.6 is 0 Å². The molecule has 0 saturated heterocycles. The second-order valence-corrected chi connectivity index (χ2v) is 10.4. The molecule has 0 spiro atoms. The highest BCUT2D eigenvalue weighted by Gasteiger charge is 2.37. The lowest BCUT2D eigenvalue weighted by molar-refractivity contribution is -0.146. The molecule has 2 aromatic rings. The molecule has 0 fully saturated rings. The molecule has 10 heteroatoms. The standard InChI is InChI=1S/C31H42N4O6/c1-5-20(2)27-31(40)35(4)28(21(3)36)30(39)34-25(19-22-12-14-24(37)15-13-22)29(38)33-16-8-10-23-9-6-7-11-26(23)41-18-17-32-27/h6-15,20-21,25,27-28,32,36-37H,5,16-19H2,1-4H3,(H,33,38)(H,34,39)/t20?,21?,25-,27+,28+/m1/s1. The molecule has 1 aliphatic rings. The fraction of sp³-hybridized carbons (Fsp3) is 0.452. The van der Waals surface area contributed by atoms with E-state index < -0.39 is 36.0 Å². The predicted octanol–water partition coefficient (Wildman–Crippen LogP) is 1.85. The van der Waals surface area contributed by atoms with Gasteiger partial charge in [-0.1, -0.05) is 62.8 Å². The largest absolute Gasteiger partial charge is 0.508 e. The number of nitrogens with one attached hydrogen (secondary N) is 3. The monoisotopic (exact) mass is 566 g/mol. The molecule has 5 atom stereocenters. The summed E-state index contributed by atoms with van der Waals surface area (Å²) in [7, 11) is 1.49. The highest BCUT2D eigenvalue weighted by Crippen LogP contribution is 2.20. The fourth-order valence-electron chi connectivity index (χ4n) is 4.77. The number of aliphatic hydroxyl groups is 1. The summed E-state index contributed by atoms with van der Waals surface area (Å²) in [6.45, 7) is 6.28. The van der Waals surface area contributed by atoms with E-state index in [0.717, 1.165) is 5.56 Å². The summed E-state index contributed by atoms with van der Waals surface area (Å²) in [5, 5.41) is 29.1. The molecule has 3 amide bonds. The molecule has 2 aromatic carbocycles. The van der Waals surface area contributed by atoms with Crippen LogP contribution in [0.25, 0.3) is 6.08 Å². The van der Waals surface area contributed by atoms with Crippen molar-refractivity contribution in [3.05, 3.63) is 65.7 Å². The van der Waals surface area contributed by atoms with Crippen molar-refractivity contribution >= 4 is 23.8 Å². The van der Waals surface area contributed by atoms with Gasteiger partial charge in [0.2, 0.25) is 17.7 Å². The van der Waals surface area contributed by atoms with E-state index in [2.05, 4.69) is 16.0 Å². The number of benzene rings is 2. The van der Waals surface area contributed by atoms with Crippen molar-refractivity contribution in [1.29, 1.82) is 0 Å². The third-order valence-electron chi connectivity index (χ3n) is 7.31. The number of nitrogens with zero attached hydrogens (tertiary/aromatic N) is 1. The zero-order chi connectivity index (χ0) is 29.9. The summed E-state index contributed by atoms with van der Waals surface area (Å²) in [5.41, 5.74) is 1.55. The molecule has 0 radical (unpaired) electrons. The molecule has 1 aliphatic heterocycles. The first-order valence-electron chi connectivity index (χ1n) is 14.0. The van der Waals surface area contributed by atoms with Crippen molar-refractivity contribution in [3.8, 4) is 11.5 Å². The van der Waals surface area contributed by atoms with Gasteiger partial charge in [0, 0.05) is 32.1 Å².